The molecule has 0 atom stereocenters. The Balaban J connectivity index is 1.41. The van der Waals surface area contributed by atoms with Crippen LogP contribution in [0.2, 0.25) is 0 Å². The van der Waals surface area contributed by atoms with Gasteiger partial charge in [0.25, 0.3) is 0 Å². The zero-order valence-electron chi connectivity index (χ0n) is 13.3. The van der Waals surface area contributed by atoms with Crippen molar-refractivity contribution in [2.75, 3.05) is 31.5 Å². The maximum absolute atomic E-state index is 11.5. The fourth-order valence-corrected chi connectivity index (χ4v) is 3.26. The fraction of sp³-hybridized carbons (Fsp3) is 0.688. The Kier molecular flexibility index (Phi) is 3.80. The Morgan fingerprint density at radius 2 is 2.13 bits per heavy atom. The number of nitrogens with one attached hydrogen (secondary N) is 2. The van der Waals surface area contributed by atoms with Gasteiger partial charge in [0.05, 0.1) is 0 Å². The molecule has 2 saturated carbocycles. The van der Waals surface area contributed by atoms with Gasteiger partial charge in [-0.25, -0.2) is 14.8 Å². The Labute approximate surface area is 136 Å². The summed E-state index contributed by atoms with van der Waals surface area (Å²) in [6, 6.07) is 2.41. The summed E-state index contributed by atoms with van der Waals surface area (Å²) in [5.41, 5.74) is 7.04. The molecule has 2 heterocycles. The molecule has 0 radical (unpaired) electrons. The van der Waals surface area contributed by atoms with Crippen molar-refractivity contribution in [3.05, 3.63) is 17.6 Å². The van der Waals surface area contributed by atoms with Gasteiger partial charge < -0.3 is 21.3 Å². The van der Waals surface area contributed by atoms with Gasteiger partial charge >= 0.3 is 6.03 Å². The van der Waals surface area contributed by atoms with Crippen LogP contribution in [-0.4, -0.2) is 53.1 Å². The molecule has 23 heavy (non-hydrogen) atoms. The summed E-state index contributed by atoms with van der Waals surface area (Å²) in [7, 11) is 0. The summed E-state index contributed by atoms with van der Waals surface area (Å²) in [4.78, 5) is 22.8. The normalized spacial score (nSPS) is 26.8. The lowest BCUT2D eigenvalue weighted by molar-refractivity contribution is 0.219. The second kappa shape index (κ2) is 5.96. The molecule has 0 unspecified atom stereocenters. The number of hydrogen-bond acceptors (Lipinski definition) is 5. The first kappa shape index (κ1) is 14.7. The highest BCUT2D eigenvalue weighted by molar-refractivity contribution is 5.76. The van der Waals surface area contributed by atoms with Gasteiger partial charge in [-0.2, -0.15) is 0 Å². The lowest BCUT2D eigenvalue weighted by Crippen LogP contribution is -2.35. The molecular weight excluding hydrogens is 292 g/mol. The van der Waals surface area contributed by atoms with Crippen LogP contribution in [0.3, 0.4) is 0 Å². The number of nitrogens with two attached hydrogens (primary N) is 1. The number of urea groups is 1. The van der Waals surface area contributed by atoms with Crippen molar-refractivity contribution in [3.8, 4) is 0 Å². The van der Waals surface area contributed by atoms with Crippen molar-refractivity contribution < 1.29 is 4.79 Å². The topological polar surface area (TPSA) is 96.2 Å². The van der Waals surface area contributed by atoms with Crippen molar-refractivity contribution in [2.24, 2.45) is 5.73 Å². The average Bonchev–Trinajstić information content (AvgIpc) is 3.28. The number of carbonyl (C=O) groups excluding carboxylic acids is 1. The third kappa shape index (κ3) is 3.24. The van der Waals surface area contributed by atoms with Crippen LogP contribution in [0.25, 0.3) is 0 Å². The molecule has 3 aliphatic rings. The molecule has 0 bridgehead atoms. The van der Waals surface area contributed by atoms with E-state index in [-0.39, 0.29) is 6.03 Å². The van der Waals surface area contributed by atoms with Crippen LogP contribution in [0, 0.1) is 0 Å². The summed E-state index contributed by atoms with van der Waals surface area (Å²) in [6.45, 7) is 2.92. The molecule has 0 spiro atoms. The standard InChI is InChI=1S/C16H24N6O/c17-12-7-11(8-12)13-9-14(21-15(20-13)10-1-2-10)18-3-5-22-6-4-19-16(22)23/h9-12H,1-8,17H2,(H,19,23)(H,18,20,21). The monoisotopic (exact) mass is 316 g/mol. The minimum absolute atomic E-state index is 0.0253. The Bertz CT molecular complexity index is 596. The second-order valence-corrected chi connectivity index (χ2v) is 6.88. The van der Waals surface area contributed by atoms with Crippen molar-refractivity contribution in [2.45, 2.75) is 43.6 Å². The second-order valence-electron chi connectivity index (χ2n) is 6.88. The Morgan fingerprint density at radius 1 is 1.30 bits per heavy atom. The first-order valence-electron chi connectivity index (χ1n) is 8.60. The molecule has 1 aromatic rings. The van der Waals surface area contributed by atoms with Crippen LogP contribution < -0.4 is 16.4 Å². The van der Waals surface area contributed by atoms with E-state index in [1.54, 1.807) is 0 Å². The minimum atomic E-state index is 0.0253. The van der Waals surface area contributed by atoms with Gasteiger partial charge in [0.1, 0.15) is 11.6 Å². The van der Waals surface area contributed by atoms with E-state index in [1.165, 1.54) is 12.8 Å². The van der Waals surface area contributed by atoms with Crippen molar-refractivity contribution in [1.82, 2.24) is 20.2 Å². The average molecular weight is 316 g/mol. The summed E-state index contributed by atoms with van der Waals surface area (Å²) in [6.07, 6.45) is 4.44. The summed E-state index contributed by atoms with van der Waals surface area (Å²) >= 11 is 0. The number of nitrogens with zero attached hydrogens (tertiary/aromatic N) is 3. The van der Waals surface area contributed by atoms with Gasteiger partial charge in [-0.15, -0.1) is 0 Å². The molecule has 1 aliphatic heterocycles. The highest BCUT2D eigenvalue weighted by Crippen LogP contribution is 2.41. The molecule has 2 amide bonds. The van der Waals surface area contributed by atoms with E-state index in [2.05, 4.69) is 21.7 Å². The van der Waals surface area contributed by atoms with Gasteiger partial charge in [0.2, 0.25) is 0 Å². The van der Waals surface area contributed by atoms with Crippen molar-refractivity contribution in [3.63, 3.8) is 0 Å². The van der Waals surface area contributed by atoms with E-state index in [4.69, 9.17) is 10.7 Å². The Morgan fingerprint density at radius 3 is 2.78 bits per heavy atom. The number of amides is 2. The molecular formula is C16H24N6O. The predicted octanol–water partition coefficient (Wildman–Crippen LogP) is 0.996. The smallest absolute Gasteiger partial charge is 0.317 e. The highest BCUT2D eigenvalue weighted by atomic mass is 16.2. The SMILES string of the molecule is NC1CC(c2cc(NCCN3CCNC3=O)nc(C3CC3)n2)C1. The van der Waals surface area contributed by atoms with Gasteiger partial charge in [-0.1, -0.05) is 0 Å². The number of anilines is 1. The maximum atomic E-state index is 11.5. The molecule has 124 valence electrons. The first-order chi connectivity index (χ1) is 11.2. The maximum Gasteiger partial charge on any atom is 0.317 e. The van der Waals surface area contributed by atoms with E-state index in [0.29, 0.717) is 31.0 Å². The lowest BCUT2D eigenvalue weighted by atomic mass is 9.78. The van der Waals surface area contributed by atoms with E-state index < -0.39 is 0 Å². The van der Waals surface area contributed by atoms with Crippen LogP contribution in [0.1, 0.15) is 49.0 Å². The molecule has 4 rings (SSSR count). The van der Waals surface area contributed by atoms with Crippen LogP contribution in [0.4, 0.5) is 10.6 Å². The van der Waals surface area contributed by atoms with Crippen molar-refractivity contribution in [1.29, 1.82) is 0 Å². The number of rotatable bonds is 6. The van der Waals surface area contributed by atoms with E-state index in [0.717, 1.165) is 43.3 Å². The third-order valence-electron chi connectivity index (χ3n) is 4.93. The quantitative estimate of drug-likeness (QED) is 0.727. The zero-order valence-corrected chi connectivity index (χ0v) is 13.3. The molecule has 3 fully saturated rings. The van der Waals surface area contributed by atoms with Gasteiger partial charge in [-0.05, 0) is 25.7 Å². The van der Waals surface area contributed by atoms with Crippen LogP contribution in [0.5, 0.6) is 0 Å². The summed E-state index contributed by atoms with van der Waals surface area (Å²) in [5.74, 6) is 2.88. The lowest BCUT2D eigenvalue weighted by Gasteiger charge is -2.32. The van der Waals surface area contributed by atoms with Crippen molar-refractivity contribution >= 4 is 11.8 Å². The van der Waals surface area contributed by atoms with Crippen LogP contribution in [0.15, 0.2) is 6.07 Å². The first-order valence-corrected chi connectivity index (χ1v) is 8.60. The zero-order chi connectivity index (χ0) is 15.8. The van der Waals surface area contributed by atoms with Crippen LogP contribution in [-0.2, 0) is 0 Å². The van der Waals surface area contributed by atoms with E-state index >= 15 is 0 Å². The summed E-state index contributed by atoms with van der Waals surface area (Å²) < 4.78 is 0. The Hall–Kier alpha value is -1.89. The predicted molar refractivity (Wildman–Crippen MR) is 87.4 cm³/mol. The molecule has 1 aromatic heterocycles. The molecule has 7 nitrogen and oxygen atoms in total. The largest absolute Gasteiger partial charge is 0.368 e. The number of carbonyl (C=O) groups is 1. The molecule has 1 saturated heterocycles. The van der Waals surface area contributed by atoms with Gasteiger partial charge in [-0.3, -0.25) is 0 Å². The van der Waals surface area contributed by atoms with Gasteiger partial charge in [0.15, 0.2) is 0 Å². The molecule has 7 heteroatoms. The molecule has 0 aromatic carbocycles. The summed E-state index contributed by atoms with van der Waals surface area (Å²) in [5, 5.41) is 6.18. The van der Waals surface area contributed by atoms with E-state index in [9.17, 15) is 4.79 Å². The molecule has 4 N–H and O–H groups in total. The van der Waals surface area contributed by atoms with Crippen LogP contribution >= 0.6 is 0 Å². The number of hydrogen-bond donors (Lipinski definition) is 3. The minimum Gasteiger partial charge on any atom is -0.368 e. The van der Waals surface area contributed by atoms with E-state index in [1.807, 2.05) is 4.90 Å². The number of aromatic nitrogens is 2. The van der Waals surface area contributed by atoms with Gasteiger partial charge in [0, 0.05) is 55.8 Å². The highest BCUT2D eigenvalue weighted by Gasteiger charge is 2.32. The third-order valence-corrected chi connectivity index (χ3v) is 4.93. The molecule has 2 aliphatic carbocycles. The fourth-order valence-electron chi connectivity index (χ4n) is 3.26.